The van der Waals surface area contributed by atoms with E-state index in [0.717, 1.165) is 6.42 Å². The van der Waals surface area contributed by atoms with Gasteiger partial charge in [0.1, 0.15) is 12.2 Å². The van der Waals surface area contributed by atoms with Gasteiger partial charge in [0.15, 0.2) is 0 Å². The van der Waals surface area contributed by atoms with Gasteiger partial charge in [-0.3, -0.25) is 0 Å². The Morgan fingerprint density at radius 3 is 2.42 bits per heavy atom. The normalized spacial score (nSPS) is 10.9. The first-order valence-electron chi connectivity index (χ1n) is 6.40. The van der Waals surface area contributed by atoms with Gasteiger partial charge in [0.25, 0.3) is 0 Å². The Morgan fingerprint density at radius 1 is 1.21 bits per heavy atom. The first-order valence-corrected chi connectivity index (χ1v) is 6.40. The Labute approximate surface area is 116 Å². The highest BCUT2D eigenvalue weighted by Crippen LogP contribution is 2.09. The molecule has 0 radical (unpaired) electrons. The number of hydrogen-bond acceptors (Lipinski definition) is 4. The lowest BCUT2D eigenvalue weighted by molar-refractivity contribution is 0.0259. The number of terminal acetylenes is 1. The van der Waals surface area contributed by atoms with Crippen LogP contribution in [0.15, 0.2) is 0 Å². The largest absolute Gasteiger partial charge is 0.444 e. The summed E-state index contributed by atoms with van der Waals surface area (Å²) in [7, 11) is 1.71. The van der Waals surface area contributed by atoms with Crippen molar-refractivity contribution in [3.8, 4) is 12.3 Å². The van der Waals surface area contributed by atoms with Crippen LogP contribution >= 0.6 is 0 Å². The molecule has 0 spiro atoms. The maximum Gasteiger partial charge on any atom is 0.410 e. The topological polar surface area (TPSA) is 48.0 Å². The number of carbonyl (C=O) groups is 1. The zero-order valence-corrected chi connectivity index (χ0v) is 12.4. The van der Waals surface area contributed by atoms with Crippen molar-refractivity contribution in [3.63, 3.8) is 0 Å². The van der Waals surface area contributed by atoms with Gasteiger partial charge >= 0.3 is 6.09 Å². The van der Waals surface area contributed by atoms with Gasteiger partial charge in [-0.25, -0.2) is 4.79 Å². The van der Waals surface area contributed by atoms with Crippen LogP contribution in [0.4, 0.5) is 4.79 Å². The lowest BCUT2D eigenvalue weighted by Gasteiger charge is -2.24. The highest BCUT2D eigenvalue weighted by atomic mass is 16.6. The third kappa shape index (κ3) is 11.6. The second-order valence-corrected chi connectivity index (χ2v) is 5.12. The van der Waals surface area contributed by atoms with Crippen LogP contribution in [0.3, 0.4) is 0 Å². The quantitative estimate of drug-likeness (QED) is 0.500. The molecule has 0 saturated carbocycles. The van der Waals surface area contributed by atoms with Crippen LogP contribution in [0.5, 0.6) is 0 Å². The number of ether oxygens (including phenoxy) is 3. The van der Waals surface area contributed by atoms with E-state index in [-0.39, 0.29) is 6.09 Å². The molecule has 1 amide bonds. The van der Waals surface area contributed by atoms with Gasteiger partial charge in [0.05, 0.1) is 13.2 Å². The van der Waals surface area contributed by atoms with Crippen molar-refractivity contribution < 1.29 is 19.0 Å². The fourth-order valence-electron chi connectivity index (χ4n) is 1.19. The van der Waals surface area contributed by atoms with Crippen molar-refractivity contribution in [1.29, 1.82) is 0 Å². The van der Waals surface area contributed by atoms with E-state index in [0.29, 0.717) is 33.0 Å². The zero-order valence-electron chi connectivity index (χ0n) is 12.4. The monoisotopic (exact) mass is 271 g/mol. The molecule has 0 aliphatic rings. The third-order valence-electron chi connectivity index (χ3n) is 2.04. The molecule has 0 aliphatic heterocycles. The summed E-state index contributed by atoms with van der Waals surface area (Å²) in [6.45, 7) is 8.02. The molecule has 5 heteroatoms. The maximum atomic E-state index is 11.6. The smallest absolute Gasteiger partial charge is 0.410 e. The van der Waals surface area contributed by atoms with E-state index in [2.05, 4.69) is 5.92 Å². The summed E-state index contributed by atoms with van der Waals surface area (Å²) in [6, 6.07) is 0. The minimum absolute atomic E-state index is 0.310. The molecule has 19 heavy (non-hydrogen) atoms. The second kappa shape index (κ2) is 9.65. The second-order valence-electron chi connectivity index (χ2n) is 5.12. The molecule has 0 aliphatic carbocycles. The van der Waals surface area contributed by atoms with Crippen LogP contribution in [-0.2, 0) is 14.2 Å². The molecule has 0 aromatic heterocycles. The molecule has 5 nitrogen and oxygen atoms in total. The molecule has 0 aromatic rings. The summed E-state index contributed by atoms with van der Waals surface area (Å²) in [6.07, 6.45) is 5.47. The van der Waals surface area contributed by atoms with Crippen LogP contribution in [0, 0.1) is 12.3 Å². The van der Waals surface area contributed by atoms with Crippen LogP contribution < -0.4 is 0 Å². The highest BCUT2D eigenvalue weighted by molar-refractivity contribution is 5.67. The average Bonchev–Trinajstić information content (AvgIpc) is 2.30. The van der Waals surface area contributed by atoms with Crippen molar-refractivity contribution in [2.75, 3.05) is 40.0 Å². The number of rotatable bonds is 8. The van der Waals surface area contributed by atoms with Crippen LogP contribution in [0.2, 0.25) is 0 Å². The molecule has 0 N–H and O–H groups in total. The first kappa shape index (κ1) is 17.8. The predicted octanol–water partition coefficient (Wildman–Crippen LogP) is 1.91. The average molecular weight is 271 g/mol. The number of amides is 1. The summed E-state index contributed by atoms with van der Waals surface area (Å²) in [5.74, 6) is 2.38. The fraction of sp³-hybridized carbons (Fsp3) is 0.786. The number of hydrogen-bond donors (Lipinski definition) is 0. The predicted molar refractivity (Wildman–Crippen MR) is 74.0 cm³/mol. The molecule has 110 valence electrons. The molecule has 0 saturated heterocycles. The molecular formula is C14H25NO4. The number of nitrogens with zero attached hydrogens (tertiary/aromatic N) is 1. The highest BCUT2D eigenvalue weighted by Gasteiger charge is 2.18. The van der Waals surface area contributed by atoms with Crippen molar-refractivity contribution in [3.05, 3.63) is 0 Å². The van der Waals surface area contributed by atoms with Gasteiger partial charge in [0, 0.05) is 20.2 Å². The summed E-state index contributed by atoms with van der Waals surface area (Å²) < 4.78 is 15.6. The Bertz CT molecular complexity index is 291. The van der Waals surface area contributed by atoms with Gasteiger partial charge in [-0.15, -0.1) is 6.42 Å². The third-order valence-corrected chi connectivity index (χ3v) is 2.04. The summed E-state index contributed by atoms with van der Waals surface area (Å²) in [5, 5.41) is 0. The van der Waals surface area contributed by atoms with Crippen molar-refractivity contribution >= 4 is 6.09 Å². The van der Waals surface area contributed by atoms with Gasteiger partial charge in [0.2, 0.25) is 0 Å². The van der Waals surface area contributed by atoms with Crippen LogP contribution in [0.25, 0.3) is 0 Å². The zero-order chi connectivity index (χ0) is 14.7. The number of carbonyl (C=O) groups excluding carboxylic acids is 1. The van der Waals surface area contributed by atoms with E-state index < -0.39 is 5.60 Å². The molecule has 0 rings (SSSR count). The van der Waals surface area contributed by atoms with E-state index in [1.54, 1.807) is 11.9 Å². The SMILES string of the molecule is C#CCOCCOCCCN(C)C(=O)OC(C)(C)C. The lowest BCUT2D eigenvalue weighted by atomic mass is 10.2. The van der Waals surface area contributed by atoms with Gasteiger partial charge in [-0.05, 0) is 27.2 Å². The Balaban J connectivity index is 3.51. The summed E-state index contributed by atoms with van der Waals surface area (Å²) in [4.78, 5) is 13.2. The minimum atomic E-state index is -0.462. The summed E-state index contributed by atoms with van der Waals surface area (Å²) >= 11 is 0. The van der Waals surface area contributed by atoms with Gasteiger partial charge < -0.3 is 19.1 Å². The standard InChI is InChI=1S/C14H25NO4/c1-6-9-17-11-12-18-10-7-8-15(5)13(16)19-14(2,3)4/h1H,7-12H2,2-5H3. The summed E-state index contributed by atoms with van der Waals surface area (Å²) in [5.41, 5.74) is -0.462. The maximum absolute atomic E-state index is 11.6. The van der Waals surface area contributed by atoms with E-state index in [1.807, 2.05) is 20.8 Å². The molecule has 0 unspecified atom stereocenters. The molecule has 0 atom stereocenters. The van der Waals surface area contributed by atoms with Crippen molar-refractivity contribution in [2.45, 2.75) is 32.8 Å². The Hall–Kier alpha value is -1.25. The van der Waals surface area contributed by atoms with E-state index >= 15 is 0 Å². The molecular weight excluding hydrogens is 246 g/mol. The molecule has 0 fully saturated rings. The van der Waals surface area contributed by atoms with Crippen LogP contribution in [0.1, 0.15) is 27.2 Å². The molecule has 0 bridgehead atoms. The van der Waals surface area contributed by atoms with Gasteiger partial charge in [-0.2, -0.15) is 0 Å². The Kier molecular flexibility index (Phi) is 9.02. The fourth-order valence-corrected chi connectivity index (χ4v) is 1.19. The molecule has 0 aromatic carbocycles. The van der Waals surface area contributed by atoms with Gasteiger partial charge in [-0.1, -0.05) is 5.92 Å². The van der Waals surface area contributed by atoms with E-state index in [1.165, 1.54) is 0 Å². The van der Waals surface area contributed by atoms with E-state index in [9.17, 15) is 4.79 Å². The van der Waals surface area contributed by atoms with Crippen molar-refractivity contribution in [2.24, 2.45) is 0 Å². The first-order chi connectivity index (χ1) is 8.87. The van der Waals surface area contributed by atoms with E-state index in [4.69, 9.17) is 20.6 Å². The minimum Gasteiger partial charge on any atom is -0.444 e. The lowest BCUT2D eigenvalue weighted by Crippen LogP contribution is -2.35. The Morgan fingerprint density at radius 2 is 1.84 bits per heavy atom. The van der Waals surface area contributed by atoms with Crippen molar-refractivity contribution in [1.82, 2.24) is 4.90 Å². The molecule has 0 heterocycles. The van der Waals surface area contributed by atoms with Crippen LogP contribution in [-0.4, -0.2) is 56.6 Å².